The predicted octanol–water partition coefficient (Wildman–Crippen LogP) is 2.58. The molecule has 31 heavy (non-hydrogen) atoms. The Bertz CT molecular complexity index is 1050. The third-order valence-corrected chi connectivity index (χ3v) is 5.15. The zero-order chi connectivity index (χ0) is 22.2. The maximum absolute atomic E-state index is 12.2. The van der Waals surface area contributed by atoms with Crippen LogP contribution >= 0.6 is 11.8 Å². The number of hydrazone groups is 1. The number of benzene rings is 2. The summed E-state index contributed by atoms with van der Waals surface area (Å²) >= 11 is 1.16. The van der Waals surface area contributed by atoms with E-state index in [0.29, 0.717) is 16.6 Å². The molecule has 0 bridgehead atoms. The van der Waals surface area contributed by atoms with E-state index >= 15 is 0 Å². The number of rotatable bonds is 9. The first kappa shape index (κ1) is 22.0. The Morgan fingerprint density at radius 3 is 2.29 bits per heavy atom. The highest BCUT2D eigenvalue weighted by Crippen LogP contribution is 2.19. The van der Waals surface area contributed by atoms with Gasteiger partial charge in [0.05, 0.1) is 25.7 Å². The van der Waals surface area contributed by atoms with Gasteiger partial charge >= 0.3 is 0 Å². The van der Waals surface area contributed by atoms with E-state index in [1.165, 1.54) is 4.68 Å². The number of methoxy groups -OCH3 is 2. The van der Waals surface area contributed by atoms with Crippen molar-refractivity contribution in [2.75, 3.05) is 36.6 Å². The van der Waals surface area contributed by atoms with Crippen molar-refractivity contribution in [3.63, 3.8) is 0 Å². The van der Waals surface area contributed by atoms with Crippen molar-refractivity contribution in [1.29, 1.82) is 0 Å². The van der Waals surface area contributed by atoms with Crippen LogP contribution in [0.2, 0.25) is 0 Å². The first-order chi connectivity index (χ1) is 15.0. The van der Waals surface area contributed by atoms with Crippen molar-refractivity contribution in [2.24, 2.45) is 5.10 Å². The monoisotopic (exact) mass is 441 g/mol. The Hall–Kier alpha value is -3.73. The van der Waals surface area contributed by atoms with Gasteiger partial charge in [0.2, 0.25) is 11.1 Å². The van der Waals surface area contributed by atoms with Gasteiger partial charge in [-0.25, -0.2) is 10.1 Å². The molecule has 1 aromatic heterocycles. The number of hydrogen-bond donors (Lipinski definition) is 3. The van der Waals surface area contributed by atoms with Crippen molar-refractivity contribution in [2.45, 2.75) is 12.1 Å². The summed E-state index contributed by atoms with van der Waals surface area (Å²) in [4.78, 5) is 12.2. The normalized spacial score (nSPS) is 11.1. The standard InChI is InChI=1S/C20H23N7O3S/c1-13(14-4-8-16(29-2)9-5-14)23-24-19-25-26-20(27(19)21)31-12-18(28)22-15-6-10-17(30-3)11-7-15/h4-11H,12,21H2,1-3H3,(H,22,28)(H,24,25)/b23-13+. The van der Waals surface area contributed by atoms with Crippen LogP contribution in [0.25, 0.3) is 0 Å². The van der Waals surface area contributed by atoms with Gasteiger partial charge in [-0.1, -0.05) is 11.8 Å². The topological polar surface area (TPSA) is 129 Å². The molecule has 10 nitrogen and oxygen atoms in total. The van der Waals surface area contributed by atoms with Gasteiger partial charge in [-0.15, -0.1) is 10.2 Å². The van der Waals surface area contributed by atoms with E-state index in [9.17, 15) is 4.79 Å². The molecule has 1 amide bonds. The molecule has 0 radical (unpaired) electrons. The molecular formula is C20H23N7O3S. The van der Waals surface area contributed by atoms with E-state index in [-0.39, 0.29) is 17.6 Å². The van der Waals surface area contributed by atoms with Gasteiger partial charge in [0.1, 0.15) is 11.5 Å². The molecule has 0 aliphatic heterocycles. The summed E-state index contributed by atoms with van der Waals surface area (Å²) in [6.45, 7) is 1.85. The van der Waals surface area contributed by atoms with Gasteiger partial charge in [-0.05, 0) is 61.0 Å². The fraction of sp³-hybridized carbons (Fsp3) is 0.200. The van der Waals surface area contributed by atoms with Crippen molar-refractivity contribution in [1.82, 2.24) is 14.9 Å². The smallest absolute Gasteiger partial charge is 0.264 e. The summed E-state index contributed by atoms with van der Waals surface area (Å²) in [5.74, 6) is 7.68. The second kappa shape index (κ2) is 10.3. The molecule has 11 heteroatoms. The second-order valence-electron chi connectivity index (χ2n) is 6.28. The Labute approximate surface area is 183 Å². The van der Waals surface area contributed by atoms with E-state index in [2.05, 4.69) is 26.0 Å². The predicted molar refractivity (Wildman–Crippen MR) is 121 cm³/mol. The maximum atomic E-state index is 12.2. The van der Waals surface area contributed by atoms with Crippen molar-refractivity contribution in [3.05, 3.63) is 54.1 Å². The fourth-order valence-corrected chi connectivity index (χ4v) is 3.14. The number of nitrogens with one attached hydrogen (secondary N) is 2. The van der Waals surface area contributed by atoms with Crippen LogP contribution in [0, 0.1) is 0 Å². The number of amides is 1. The molecule has 0 fully saturated rings. The van der Waals surface area contributed by atoms with E-state index < -0.39 is 0 Å². The van der Waals surface area contributed by atoms with Crippen LogP contribution in [0.1, 0.15) is 12.5 Å². The zero-order valence-electron chi connectivity index (χ0n) is 17.3. The lowest BCUT2D eigenvalue weighted by Crippen LogP contribution is -2.17. The number of carbonyl (C=O) groups is 1. The SMILES string of the molecule is COc1ccc(NC(=O)CSc2nnc(N/N=C(\C)c3ccc(OC)cc3)n2N)cc1. The molecule has 1 heterocycles. The number of nitrogens with zero attached hydrogens (tertiary/aromatic N) is 4. The Morgan fingerprint density at radius 2 is 1.68 bits per heavy atom. The molecule has 3 rings (SSSR count). The molecule has 0 spiro atoms. The summed E-state index contributed by atoms with van der Waals surface area (Å²) in [5.41, 5.74) is 5.12. The Kier molecular flexibility index (Phi) is 7.33. The number of carbonyl (C=O) groups excluding carboxylic acids is 1. The van der Waals surface area contributed by atoms with Crippen LogP contribution in [0.3, 0.4) is 0 Å². The number of anilines is 2. The molecule has 162 valence electrons. The Balaban J connectivity index is 1.54. The number of aromatic nitrogens is 3. The quantitative estimate of drug-likeness (QED) is 0.200. The number of nitrogens with two attached hydrogens (primary N) is 1. The van der Waals surface area contributed by atoms with Gasteiger partial charge in [-0.3, -0.25) is 4.79 Å². The zero-order valence-corrected chi connectivity index (χ0v) is 18.1. The third kappa shape index (κ3) is 5.89. The minimum atomic E-state index is -0.193. The third-order valence-electron chi connectivity index (χ3n) is 4.20. The van der Waals surface area contributed by atoms with Gasteiger partial charge in [0.15, 0.2) is 0 Å². The average Bonchev–Trinajstić information content (AvgIpc) is 3.16. The van der Waals surface area contributed by atoms with E-state index in [1.807, 2.05) is 31.2 Å². The lowest BCUT2D eigenvalue weighted by Gasteiger charge is -2.06. The summed E-state index contributed by atoms with van der Waals surface area (Å²) < 4.78 is 11.5. The lowest BCUT2D eigenvalue weighted by atomic mass is 10.1. The molecule has 0 saturated carbocycles. The highest BCUT2D eigenvalue weighted by molar-refractivity contribution is 7.99. The lowest BCUT2D eigenvalue weighted by molar-refractivity contribution is -0.113. The Morgan fingerprint density at radius 1 is 1.06 bits per heavy atom. The summed E-state index contributed by atoms with van der Waals surface area (Å²) in [6.07, 6.45) is 0. The largest absolute Gasteiger partial charge is 0.497 e. The van der Waals surface area contributed by atoms with Crippen molar-refractivity contribution >= 4 is 35.0 Å². The maximum Gasteiger partial charge on any atom is 0.264 e. The highest BCUT2D eigenvalue weighted by Gasteiger charge is 2.12. The summed E-state index contributed by atoms with van der Waals surface area (Å²) in [5, 5.41) is 15.4. The first-order valence-electron chi connectivity index (χ1n) is 9.22. The molecule has 3 aromatic rings. The number of thioether (sulfide) groups is 1. The average molecular weight is 442 g/mol. The molecule has 0 unspecified atom stereocenters. The molecule has 4 N–H and O–H groups in total. The van der Waals surface area contributed by atoms with Gasteiger partial charge in [-0.2, -0.15) is 5.10 Å². The molecule has 0 saturated heterocycles. The van der Waals surface area contributed by atoms with Crippen LogP contribution in [0.5, 0.6) is 11.5 Å². The molecule has 2 aromatic carbocycles. The minimum absolute atomic E-state index is 0.121. The van der Waals surface area contributed by atoms with E-state index in [1.54, 1.807) is 38.5 Å². The van der Waals surface area contributed by atoms with E-state index in [4.69, 9.17) is 15.3 Å². The van der Waals surface area contributed by atoms with Crippen LogP contribution in [0.15, 0.2) is 58.8 Å². The second-order valence-corrected chi connectivity index (χ2v) is 7.22. The van der Waals surface area contributed by atoms with Crippen LogP contribution < -0.4 is 26.1 Å². The molecule has 0 atom stereocenters. The first-order valence-corrected chi connectivity index (χ1v) is 10.2. The van der Waals surface area contributed by atoms with Gasteiger partial charge in [0, 0.05) is 5.69 Å². The van der Waals surface area contributed by atoms with Gasteiger partial charge < -0.3 is 20.6 Å². The molecular weight excluding hydrogens is 418 g/mol. The van der Waals surface area contributed by atoms with Crippen LogP contribution in [-0.4, -0.2) is 46.5 Å². The minimum Gasteiger partial charge on any atom is -0.497 e. The summed E-state index contributed by atoms with van der Waals surface area (Å²) in [7, 11) is 3.20. The molecule has 0 aliphatic carbocycles. The molecule has 0 aliphatic rings. The van der Waals surface area contributed by atoms with Crippen molar-refractivity contribution in [3.8, 4) is 11.5 Å². The number of ether oxygens (including phenoxy) is 2. The van der Waals surface area contributed by atoms with Crippen LogP contribution in [-0.2, 0) is 4.79 Å². The highest BCUT2D eigenvalue weighted by atomic mass is 32.2. The van der Waals surface area contributed by atoms with E-state index in [0.717, 1.165) is 28.8 Å². The fourth-order valence-electron chi connectivity index (χ4n) is 2.48. The number of hydrogen-bond acceptors (Lipinski definition) is 9. The van der Waals surface area contributed by atoms with Crippen molar-refractivity contribution < 1.29 is 14.3 Å². The van der Waals surface area contributed by atoms with Gasteiger partial charge in [0.25, 0.3) is 5.95 Å². The summed E-state index contributed by atoms with van der Waals surface area (Å²) in [6, 6.07) is 14.6. The number of nitrogen functional groups attached to an aromatic ring is 1. The van der Waals surface area contributed by atoms with Crippen LogP contribution in [0.4, 0.5) is 11.6 Å².